The largest absolute Gasteiger partial charge is 0.307 e. The summed E-state index contributed by atoms with van der Waals surface area (Å²) in [7, 11) is 0. The van der Waals surface area contributed by atoms with E-state index < -0.39 is 0 Å². The standard InChI is InChI=1S/C11H14OS.C2H2/c1-9-5-7-11(8-6-9)13-12-10-3-2-4-10;1-2/h5-8,10H,2-4H2,1H3;1-2H. The van der Waals surface area contributed by atoms with Gasteiger partial charge < -0.3 is 4.18 Å². The van der Waals surface area contributed by atoms with Crippen molar-refractivity contribution in [3.63, 3.8) is 0 Å². The third-order valence-corrected chi connectivity index (χ3v) is 3.19. The van der Waals surface area contributed by atoms with Gasteiger partial charge in [-0.15, -0.1) is 12.8 Å². The van der Waals surface area contributed by atoms with Crippen LogP contribution in [-0.2, 0) is 4.18 Å². The minimum atomic E-state index is 0.506. The topological polar surface area (TPSA) is 9.23 Å². The Labute approximate surface area is 96.4 Å². The Hall–Kier alpha value is -0.910. The van der Waals surface area contributed by atoms with E-state index in [-0.39, 0.29) is 0 Å². The highest BCUT2D eigenvalue weighted by atomic mass is 32.2. The zero-order chi connectivity index (χ0) is 11.1. The Morgan fingerprint density at radius 3 is 2.27 bits per heavy atom. The summed E-state index contributed by atoms with van der Waals surface area (Å²) in [5.41, 5.74) is 1.30. The normalized spacial score (nSPS) is 14.9. The van der Waals surface area contributed by atoms with Gasteiger partial charge in [-0.25, -0.2) is 0 Å². The first-order chi connectivity index (χ1) is 7.34. The van der Waals surface area contributed by atoms with E-state index in [1.807, 2.05) is 0 Å². The van der Waals surface area contributed by atoms with Crippen LogP contribution >= 0.6 is 12.0 Å². The van der Waals surface area contributed by atoms with Gasteiger partial charge in [0.15, 0.2) is 0 Å². The average Bonchev–Trinajstić information content (AvgIpc) is 2.22. The van der Waals surface area contributed by atoms with E-state index in [1.54, 1.807) is 0 Å². The van der Waals surface area contributed by atoms with E-state index in [0.717, 1.165) is 0 Å². The summed E-state index contributed by atoms with van der Waals surface area (Å²) in [5, 5.41) is 0. The van der Waals surface area contributed by atoms with Gasteiger partial charge in [0.2, 0.25) is 0 Å². The molecule has 0 bridgehead atoms. The average molecular weight is 220 g/mol. The highest BCUT2D eigenvalue weighted by Crippen LogP contribution is 2.29. The number of benzene rings is 1. The molecule has 80 valence electrons. The van der Waals surface area contributed by atoms with Crippen LogP contribution in [0, 0.1) is 19.8 Å². The van der Waals surface area contributed by atoms with Crippen molar-refractivity contribution >= 4 is 12.0 Å². The van der Waals surface area contributed by atoms with E-state index in [1.165, 1.54) is 41.8 Å². The van der Waals surface area contributed by atoms with Crippen molar-refractivity contribution in [1.29, 1.82) is 0 Å². The lowest BCUT2D eigenvalue weighted by Crippen LogP contribution is -2.18. The zero-order valence-electron chi connectivity index (χ0n) is 8.98. The smallest absolute Gasteiger partial charge is 0.0727 e. The van der Waals surface area contributed by atoms with Crippen molar-refractivity contribution in [2.24, 2.45) is 0 Å². The quantitative estimate of drug-likeness (QED) is 0.565. The fourth-order valence-electron chi connectivity index (χ4n) is 1.18. The molecule has 1 saturated carbocycles. The SMILES string of the molecule is C#C.Cc1ccc(SOC2CCC2)cc1. The highest BCUT2D eigenvalue weighted by molar-refractivity contribution is 7.94. The summed E-state index contributed by atoms with van der Waals surface area (Å²) in [6.45, 7) is 2.10. The molecular weight excluding hydrogens is 204 g/mol. The lowest BCUT2D eigenvalue weighted by atomic mass is 9.97. The van der Waals surface area contributed by atoms with Crippen LogP contribution < -0.4 is 0 Å². The third kappa shape index (κ3) is 3.99. The summed E-state index contributed by atoms with van der Waals surface area (Å²) in [4.78, 5) is 1.21. The van der Waals surface area contributed by atoms with Gasteiger partial charge >= 0.3 is 0 Å². The van der Waals surface area contributed by atoms with Gasteiger partial charge in [-0.05, 0) is 38.3 Å². The minimum absolute atomic E-state index is 0.506. The lowest BCUT2D eigenvalue weighted by Gasteiger charge is -2.24. The van der Waals surface area contributed by atoms with E-state index in [9.17, 15) is 0 Å². The Balaban J connectivity index is 0.000000531. The van der Waals surface area contributed by atoms with Crippen LogP contribution in [0.4, 0.5) is 0 Å². The summed E-state index contributed by atoms with van der Waals surface area (Å²) < 4.78 is 5.62. The minimum Gasteiger partial charge on any atom is -0.307 e. The first-order valence-corrected chi connectivity index (χ1v) is 5.82. The predicted molar refractivity (Wildman–Crippen MR) is 65.7 cm³/mol. The molecular formula is C13H16OS. The second-order valence-electron chi connectivity index (χ2n) is 3.55. The van der Waals surface area contributed by atoms with Gasteiger partial charge in [0.05, 0.1) is 6.10 Å². The van der Waals surface area contributed by atoms with Crippen molar-refractivity contribution < 1.29 is 4.18 Å². The van der Waals surface area contributed by atoms with Crippen molar-refractivity contribution in [3.05, 3.63) is 29.8 Å². The van der Waals surface area contributed by atoms with E-state index in [4.69, 9.17) is 4.18 Å². The van der Waals surface area contributed by atoms with E-state index in [0.29, 0.717) is 6.10 Å². The molecule has 0 amide bonds. The fraction of sp³-hybridized carbons (Fsp3) is 0.385. The number of aryl methyl sites for hydroxylation is 1. The number of hydrogen-bond donors (Lipinski definition) is 0. The van der Waals surface area contributed by atoms with Crippen molar-refractivity contribution in [2.75, 3.05) is 0 Å². The van der Waals surface area contributed by atoms with Gasteiger partial charge in [-0.1, -0.05) is 17.7 Å². The summed E-state index contributed by atoms with van der Waals surface area (Å²) in [6, 6.07) is 8.45. The summed E-state index contributed by atoms with van der Waals surface area (Å²) in [6.07, 6.45) is 12.3. The lowest BCUT2D eigenvalue weighted by molar-refractivity contribution is 0.148. The molecule has 0 N–H and O–H groups in total. The molecule has 0 unspecified atom stereocenters. The molecule has 0 saturated heterocycles. The Morgan fingerprint density at radius 2 is 1.80 bits per heavy atom. The Kier molecular flexibility index (Phi) is 5.31. The van der Waals surface area contributed by atoms with E-state index >= 15 is 0 Å². The molecule has 0 radical (unpaired) electrons. The molecule has 1 aromatic carbocycles. The van der Waals surface area contributed by atoms with Crippen molar-refractivity contribution in [3.8, 4) is 12.8 Å². The predicted octanol–water partition coefficient (Wildman–Crippen LogP) is 3.82. The second kappa shape index (κ2) is 6.55. The van der Waals surface area contributed by atoms with Gasteiger partial charge in [0.1, 0.15) is 0 Å². The first kappa shape index (κ1) is 12.2. The Morgan fingerprint density at radius 1 is 1.20 bits per heavy atom. The molecule has 1 nitrogen and oxygen atoms in total. The molecule has 2 heteroatoms. The van der Waals surface area contributed by atoms with Gasteiger partial charge in [-0.2, -0.15) is 0 Å². The van der Waals surface area contributed by atoms with Crippen molar-refractivity contribution in [2.45, 2.75) is 37.2 Å². The molecule has 0 heterocycles. The molecule has 0 spiro atoms. The van der Waals surface area contributed by atoms with Crippen LogP contribution in [0.1, 0.15) is 24.8 Å². The molecule has 15 heavy (non-hydrogen) atoms. The molecule has 2 rings (SSSR count). The third-order valence-electron chi connectivity index (χ3n) is 2.35. The van der Waals surface area contributed by atoms with Crippen LogP contribution in [0.15, 0.2) is 29.2 Å². The maximum atomic E-state index is 5.62. The molecule has 1 aliphatic rings. The number of rotatable bonds is 3. The fourth-order valence-corrected chi connectivity index (χ4v) is 1.87. The van der Waals surface area contributed by atoms with Crippen LogP contribution in [0.3, 0.4) is 0 Å². The first-order valence-electron chi connectivity index (χ1n) is 5.08. The monoisotopic (exact) mass is 220 g/mol. The second-order valence-corrected chi connectivity index (χ2v) is 4.38. The molecule has 0 aliphatic heterocycles. The highest BCUT2D eigenvalue weighted by Gasteiger charge is 2.18. The van der Waals surface area contributed by atoms with Crippen LogP contribution in [0.2, 0.25) is 0 Å². The van der Waals surface area contributed by atoms with E-state index in [2.05, 4.69) is 44.0 Å². The molecule has 1 aliphatic carbocycles. The Bertz CT molecular complexity index is 298. The zero-order valence-corrected chi connectivity index (χ0v) is 9.80. The molecule has 1 aromatic rings. The maximum Gasteiger partial charge on any atom is 0.0727 e. The summed E-state index contributed by atoms with van der Waals surface area (Å²) in [5.74, 6) is 0. The molecule has 0 aromatic heterocycles. The number of terminal acetylenes is 1. The van der Waals surface area contributed by atoms with Gasteiger partial charge in [0.25, 0.3) is 0 Å². The maximum absolute atomic E-state index is 5.62. The molecule has 1 fully saturated rings. The summed E-state index contributed by atoms with van der Waals surface area (Å²) >= 11 is 1.51. The van der Waals surface area contributed by atoms with Crippen LogP contribution in [-0.4, -0.2) is 6.10 Å². The van der Waals surface area contributed by atoms with Crippen LogP contribution in [0.25, 0.3) is 0 Å². The van der Waals surface area contributed by atoms with Gasteiger partial charge in [-0.3, -0.25) is 0 Å². The van der Waals surface area contributed by atoms with Gasteiger partial charge in [0, 0.05) is 16.9 Å². The number of hydrogen-bond acceptors (Lipinski definition) is 2. The van der Waals surface area contributed by atoms with Crippen LogP contribution in [0.5, 0.6) is 0 Å². The van der Waals surface area contributed by atoms with Crippen molar-refractivity contribution in [1.82, 2.24) is 0 Å². The molecule has 0 atom stereocenters.